The molecule has 0 aliphatic carbocycles. The van der Waals surface area contributed by atoms with Crippen molar-refractivity contribution in [3.8, 4) is 0 Å². The number of aliphatic carboxylic acids is 1. The first-order chi connectivity index (χ1) is 8.28. The van der Waals surface area contributed by atoms with Gasteiger partial charge in [-0.3, -0.25) is 9.59 Å². The van der Waals surface area contributed by atoms with Gasteiger partial charge in [0.15, 0.2) is 0 Å². The summed E-state index contributed by atoms with van der Waals surface area (Å²) >= 11 is 0. The Labute approximate surface area is 108 Å². The van der Waals surface area contributed by atoms with Gasteiger partial charge in [0.1, 0.15) is 0 Å². The molecule has 1 amide bonds. The summed E-state index contributed by atoms with van der Waals surface area (Å²) in [6.07, 6.45) is 1.52. The smallest absolute Gasteiger partial charge is 0.303 e. The lowest BCUT2D eigenvalue weighted by Crippen LogP contribution is -2.44. The van der Waals surface area contributed by atoms with Gasteiger partial charge in [-0.2, -0.15) is 0 Å². The zero-order chi connectivity index (χ0) is 14.2. The molecule has 6 nitrogen and oxygen atoms in total. The van der Waals surface area contributed by atoms with Gasteiger partial charge in [-0.25, -0.2) is 0 Å². The predicted octanol–water partition coefficient (Wildman–Crippen LogP) is 0.0934. The lowest BCUT2D eigenvalue weighted by atomic mass is 9.88. The molecule has 0 saturated heterocycles. The number of nitrogens with one attached hydrogen (secondary N) is 1. The number of carbonyl (C=O) groups is 2. The minimum Gasteiger partial charge on any atom is -0.481 e. The van der Waals surface area contributed by atoms with Crippen molar-refractivity contribution in [1.29, 1.82) is 0 Å². The van der Waals surface area contributed by atoms with Crippen molar-refractivity contribution in [2.24, 2.45) is 11.1 Å². The van der Waals surface area contributed by atoms with E-state index >= 15 is 0 Å². The molecule has 0 heterocycles. The number of aliphatic hydroxyl groups excluding tert-OH is 1. The van der Waals surface area contributed by atoms with E-state index in [1.165, 1.54) is 0 Å². The molecule has 0 fully saturated rings. The van der Waals surface area contributed by atoms with Crippen LogP contribution in [0, 0.1) is 5.41 Å². The molecule has 6 heteroatoms. The number of carbonyl (C=O) groups excluding carboxylic acids is 1. The minimum absolute atomic E-state index is 0.106. The highest BCUT2D eigenvalue weighted by Crippen LogP contribution is 2.20. The van der Waals surface area contributed by atoms with Crippen LogP contribution in [0.15, 0.2) is 0 Å². The number of carboxylic acid groups (broad SMARTS) is 1. The molecule has 0 aromatic carbocycles. The average Bonchev–Trinajstić information content (AvgIpc) is 2.30. The summed E-state index contributed by atoms with van der Waals surface area (Å²) in [7, 11) is 0. The van der Waals surface area contributed by atoms with Crippen molar-refractivity contribution in [1.82, 2.24) is 5.32 Å². The van der Waals surface area contributed by atoms with E-state index in [0.717, 1.165) is 6.42 Å². The predicted molar refractivity (Wildman–Crippen MR) is 68.0 cm³/mol. The number of carboxylic acids is 1. The fraction of sp³-hybridized carbons (Fsp3) is 0.833. The molecule has 0 aliphatic rings. The van der Waals surface area contributed by atoms with Crippen LogP contribution in [0.5, 0.6) is 0 Å². The Morgan fingerprint density at radius 3 is 2.50 bits per heavy atom. The standard InChI is InChI=1S/C12H24N2O4/c1-12(2,6-3-7-15)8-14-11(18)9(13)4-5-10(16)17/h9,15H,3-8,13H2,1-2H3,(H,14,18)(H,16,17). The van der Waals surface area contributed by atoms with Gasteiger partial charge in [0.25, 0.3) is 0 Å². The zero-order valence-corrected chi connectivity index (χ0v) is 11.1. The van der Waals surface area contributed by atoms with E-state index in [0.29, 0.717) is 13.0 Å². The number of hydrogen-bond donors (Lipinski definition) is 4. The van der Waals surface area contributed by atoms with Crippen LogP contribution in [0.25, 0.3) is 0 Å². The molecule has 0 spiro atoms. The Morgan fingerprint density at radius 2 is 2.00 bits per heavy atom. The molecule has 0 aromatic rings. The highest BCUT2D eigenvalue weighted by Gasteiger charge is 2.21. The maximum absolute atomic E-state index is 11.6. The van der Waals surface area contributed by atoms with Crippen LogP contribution < -0.4 is 11.1 Å². The van der Waals surface area contributed by atoms with Crippen molar-refractivity contribution in [3.63, 3.8) is 0 Å². The van der Waals surface area contributed by atoms with E-state index in [2.05, 4.69) is 5.32 Å². The summed E-state index contributed by atoms with van der Waals surface area (Å²) in [6, 6.07) is -0.783. The number of amides is 1. The summed E-state index contributed by atoms with van der Waals surface area (Å²) < 4.78 is 0. The second-order valence-corrected chi connectivity index (χ2v) is 5.25. The monoisotopic (exact) mass is 260 g/mol. The Balaban J connectivity index is 3.97. The van der Waals surface area contributed by atoms with Crippen molar-refractivity contribution in [3.05, 3.63) is 0 Å². The van der Waals surface area contributed by atoms with E-state index < -0.39 is 12.0 Å². The molecule has 5 N–H and O–H groups in total. The second kappa shape index (κ2) is 8.05. The third-order valence-corrected chi connectivity index (χ3v) is 2.76. The first-order valence-corrected chi connectivity index (χ1v) is 6.14. The third kappa shape index (κ3) is 8.03. The third-order valence-electron chi connectivity index (χ3n) is 2.76. The highest BCUT2D eigenvalue weighted by molar-refractivity contribution is 5.82. The molecule has 0 aliphatic heterocycles. The van der Waals surface area contributed by atoms with Gasteiger partial charge < -0.3 is 21.3 Å². The van der Waals surface area contributed by atoms with Gasteiger partial charge in [-0.05, 0) is 24.7 Å². The first kappa shape index (κ1) is 16.9. The largest absolute Gasteiger partial charge is 0.481 e. The summed E-state index contributed by atoms with van der Waals surface area (Å²) in [4.78, 5) is 21.9. The van der Waals surface area contributed by atoms with E-state index in [4.69, 9.17) is 15.9 Å². The summed E-state index contributed by atoms with van der Waals surface area (Å²) in [5.74, 6) is -1.28. The number of rotatable bonds is 9. The lowest BCUT2D eigenvalue weighted by Gasteiger charge is -2.25. The maximum atomic E-state index is 11.6. The molecule has 0 rings (SSSR count). The van der Waals surface area contributed by atoms with Crippen LogP contribution in [0.2, 0.25) is 0 Å². The Morgan fingerprint density at radius 1 is 1.39 bits per heavy atom. The quantitative estimate of drug-likeness (QED) is 0.469. The van der Waals surface area contributed by atoms with Crippen LogP contribution in [0.1, 0.15) is 39.5 Å². The SMILES string of the molecule is CC(C)(CCCO)CNC(=O)C(N)CCC(=O)O. The Hall–Kier alpha value is -1.14. The van der Waals surface area contributed by atoms with Gasteiger partial charge in [0.2, 0.25) is 5.91 Å². The minimum atomic E-state index is -0.957. The topological polar surface area (TPSA) is 113 Å². The van der Waals surface area contributed by atoms with Crippen molar-refractivity contribution in [2.75, 3.05) is 13.2 Å². The molecular formula is C12H24N2O4. The Bertz CT molecular complexity index is 279. The average molecular weight is 260 g/mol. The molecule has 18 heavy (non-hydrogen) atoms. The molecular weight excluding hydrogens is 236 g/mol. The fourth-order valence-corrected chi connectivity index (χ4v) is 1.51. The normalized spacial score (nSPS) is 13.1. The number of aliphatic hydroxyl groups is 1. The highest BCUT2D eigenvalue weighted by atomic mass is 16.4. The number of hydrogen-bond acceptors (Lipinski definition) is 4. The van der Waals surface area contributed by atoms with Gasteiger partial charge in [-0.15, -0.1) is 0 Å². The molecule has 0 saturated carbocycles. The van der Waals surface area contributed by atoms with Gasteiger partial charge in [-0.1, -0.05) is 13.8 Å². The van der Waals surface area contributed by atoms with Gasteiger partial charge in [0.05, 0.1) is 6.04 Å². The second-order valence-electron chi connectivity index (χ2n) is 5.25. The molecule has 0 bridgehead atoms. The molecule has 0 aromatic heterocycles. The number of nitrogens with two attached hydrogens (primary N) is 1. The van der Waals surface area contributed by atoms with Crippen LogP contribution in [-0.4, -0.2) is 41.3 Å². The lowest BCUT2D eigenvalue weighted by molar-refractivity contribution is -0.137. The van der Waals surface area contributed by atoms with Crippen LogP contribution in [-0.2, 0) is 9.59 Å². The maximum Gasteiger partial charge on any atom is 0.303 e. The van der Waals surface area contributed by atoms with E-state index in [-0.39, 0.29) is 30.8 Å². The van der Waals surface area contributed by atoms with Crippen molar-refractivity contribution >= 4 is 11.9 Å². The van der Waals surface area contributed by atoms with E-state index in [1.807, 2.05) is 13.8 Å². The Kier molecular flexibility index (Phi) is 7.54. The van der Waals surface area contributed by atoms with Crippen LogP contribution in [0.3, 0.4) is 0 Å². The first-order valence-electron chi connectivity index (χ1n) is 6.14. The van der Waals surface area contributed by atoms with Crippen molar-refractivity contribution in [2.45, 2.75) is 45.6 Å². The van der Waals surface area contributed by atoms with Crippen molar-refractivity contribution < 1.29 is 19.8 Å². The van der Waals surface area contributed by atoms with Gasteiger partial charge >= 0.3 is 5.97 Å². The molecule has 0 radical (unpaired) electrons. The van der Waals surface area contributed by atoms with Crippen LogP contribution in [0.4, 0.5) is 0 Å². The van der Waals surface area contributed by atoms with Crippen LogP contribution >= 0.6 is 0 Å². The van der Waals surface area contributed by atoms with E-state index in [9.17, 15) is 9.59 Å². The molecule has 1 unspecified atom stereocenters. The fourth-order valence-electron chi connectivity index (χ4n) is 1.51. The summed E-state index contributed by atoms with van der Waals surface area (Å²) in [5.41, 5.74) is 5.47. The molecule has 1 atom stereocenters. The molecule has 106 valence electrons. The summed E-state index contributed by atoms with van der Waals surface area (Å²) in [6.45, 7) is 4.58. The zero-order valence-electron chi connectivity index (χ0n) is 11.1. The van der Waals surface area contributed by atoms with Gasteiger partial charge in [0, 0.05) is 19.6 Å². The van der Waals surface area contributed by atoms with E-state index in [1.54, 1.807) is 0 Å². The summed E-state index contributed by atoms with van der Waals surface area (Å²) in [5, 5.41) is 20.0.